The van der Waals surface area contributed by atoms with Gasteiger partial charge in [-0.15, -0.1) is 0 Å². The minimum atomic E-state index is -0.525. The topological polar surface area (TPSA) is 93.7 Å². The average Bonchev–Trinajstić information content (AvgIpc) is 3.39. The Morgan fingerprint density at radius 2 is 1.68 bits per heavy atom. The molecule has 0 saturated heterocycles. The highest BCUT2D eigenvalue weighted by Crippen LogP contribution is 2.31. The van der Waals surface area contributed by atoms with Crippen molar-refractivity contribution < 1.29 is 18.4 Å². The molecule has 0 fully saturated rings. The molecule has 0 aliphatic carbocycles. The van der Waals surface area contributed by atoms with E-state index < -0.39 is 11.5 Å². The van der Waals surface area contributed by atoms with Crippen LogP contribution in [-0.2, 0) is 0 Å². The standard InChI is InChI=1S/C28H19ClN2O5S/c1-34-24-11-8-17(20-14-18-4-2-3-5-22(18)36-27(20)33)15-21(24)30-28(37)31-26(32)25-13-12-23(35-25)16-6-9-19(29)10-7-16/h2-15H,1H3,(H2,30,31,32,37). The second kappa shape index (κ2) is 10.3. The fourth-order valence-corrected chi connectivity index (χ4v) is 4.11. The molecule has 0 saturated carbocycles. The summed E-state index contributed by atoms with van der Waals surface area (Å²) in [5.41, 5.74) is 2.24. The van der Waals surface area contributed by atoms with E-state index in [2.05, 4.69) is 10.6 Å². The van der Waals surface area contributed by atoms with Gasteiger partial charge in [0.25, 0.3) is 5.91 Å². The molecule has 2 N–H and O–H groups in total. The molecule has 1 amide bonds. The van der Waals surface area contributed by atoms with Crippen molar-refractivity contribution in [2.45, 2.75) is 0 Å². The second-order valence-corrected chi connectivity index (χ2v) is 8.82. The van der Waals surface area contributed by atoms with Gasteiger partial charge in [-0.25, -0.2) is 4.79 Å². The van der Waals surface area contributed by atoms with Gasteiger partial charge < -0.3 is 18.9 Å². The number of nitrogens with one attached hydrogen (secondary N) is 2. The van der Waals surface area contributed by atoms with E-state index in [0.29, 0.717) is 38.9 Å². The molecule has 3 aromatic carbocycles. The molecule has 0 aliphatic heterocycles. The van der Waals surface area contributed by atoms with Crippen LogP contribution < -0.4 is 21.0 Å². The normalized spacial score (nSPS) is 10.8. The zero-order valence-corrected chi connectivity index (χ0v) is 21.0. The molecule has 184 valence electrons. The van der Waals surface area contributed by atoms with E-state index in [0.717, 1.165) is 10.9 Å². The van der Waals surface area contributed by atoms with Crippen molar-refractivity contribution in [1.29, 1.82) is 0 Å². The van der Waals surface area contributed by atoms with Crippen LogP contribution in [-0.4, -0.2) is 18.1 Å². The number of hydrogen-bond donors (Lipinski definition) is 2. The molecular weight excluding hydrogens is 512 g/mol. The number of rotatable bonds is 5. The summed E-state index contributed by atoms with van der Waals surface area (Å²) < 4.78 is 16.6. The summed E-state index contributed by atoms with van der Waals surface area (Å²) in [6, 6.07) is 24.5. The number of anilines is 1. The third kappa shape index (κ3) is 5.25. The van der Waals surface area contributed by atoms with Crippen LogP contribution in [0.4, 0.5) is 5.69 Å². The lowest BCUT2D eigenvalue weighted by molar-refractivity contribution is 0.0951. The lowest BCUT2D eigenvalue weighted by Crippen LogP contribution is -2.34. The highest BCUT2D eigenvalue weighted by molar-refractivity contribution is 7.80. The minimum absolute atomic E-state index is 0.0236. The molecule has 5 aromatic rings. The number of carbonyl (C=O) groups is 1. The van der Waals surface area contributed by atoms with Crippen LogP contribution >= 0.6 is 23.8 Å². The molecule has 9 heteroatoms. The number of ether oxygens (including phenoxy) is 1. The van der Waals surface area contributed by atoms with Crippen molar-refractivity contribution >= 4 is 51.5 Å². The fraction of sp³-hybridized carbons (Fsp3) is 0.0357. The van der Waals surface area contributed by atoms with Crippen LogP contribution in [0.3, 0.4) is 0 Å². The zero-order chi connectivity index (χ0) is 25.9. The van der Waals surface area contributed by atoms with Crippen molar-refractivity contribution in [3.05, 3.63) is 106 Å². The van der Waals surface area contributed by atoms with Gasteiger partial charge >= 0.3 is 5.63 Å². The predicted octanol–water partition coefficient (Wildman–Crippen LogP) is 6.51. The average molecular weight is 531 g/mol. The Kier molecular flexibility index (Phi) is 6.76. The lowest BCUT2D eigenvalue weighted by Gasteiger charge is -2.14. The third-order valence-corrected chi connectivity index (χ3v) is 6.04. The largest absolute Gasteiger partial charge is 0.495 e. The van der Waals surface area contributed by atoms with Gasteiger partial charge in [0.15, 0.2) is 10.9 Å². The monoisotopic (exact) mass is 530 g/mol. The van der Waals surface area contributed by atoms with Crippen LogP contribution in [0.25, 0.3) is 33.4 Å². The zero-order valence-electron chi connectivity index (χ0n) is 19.4. The van der Waals surface area contributed by atoms with Gasteiger partial charge in [0.05, 0.1) is 18.4 Å². The molecule has 0 unspecified atom stereocenters. The maximum absolute atomic E-state index is 12.7. The Morgan fingerprint density at radius 1 is 0.919 bits per heavy atom. The van der Waals surface area contributed by atoms with E-state index >= 15 is 0 Å². The first-order valence-corrected chi connectivity index (χ1v) is 11.9. The lowest BCUT2D eigenvalue weighted by atomic mass is 10.0. The van der Waals surface area contributed by atoms with Crippen molar-refractivity contribution in [2.75, 3.05) is 12.4 Å². The first-order valence-electron chi connectivity index (χ1n) is 11.1. The van der Waals surface area contributed by atoms with Gasteiger partial charge in [0.1, 0.15) is 17.1 Å². The van der Waals surface area contributed by atoms with Gasteiger partial charge in [-0.2, -0.15) is 0 Å². The van der Waals surface area contributed by atoms with Crippen molar-refractivity contribution in [3.8, 4) is 28.2 Å². The molecule has 0 bridgehead atoms. The number of benzene rings is 3. The number of amides is 1. The smallest absolute Gasteiger partial charge is 0.344 e. The van der Waals surface area contributed by atoms with Crippen LogP contribution in [0.1, 0.15) is 10.6 Å². The van der Waals surface area contributed by atoms with E-state index in [1.807, 2.05) is 12.1 Å². The number of hydrogen-bond acceptors (Lipinski definition) is 6. The van der Waals surface area contributed by atoms with E-state index in [9.17, 15) is 9.59 Å². The first kappa shape index (κ1) is 24.3. The molecule has 0 atom stereocenters. The molecule has 5 rings (SSSR count). The molecule has 7 nitrogen and oxygen atoms in total. The highest BCUT2D eigenvalue weighted by Gasteiger charge is 2.16. The first-order chi connectivity index (χ1) is 17.9. The summed E-state index contributed by atoms with van der Waals surface area (Å²) in [5.74, 6) is 0.546. The Morgan fingerprint density at radius 3 is 2.46 bits per heavy atom. The summed E-state index contributed by atoms with van der Waals surface area (Å²) in [4.78, 5) is 25.3. The number of carbonyl (C=O) groups excluding carboxylic acids is 1. The van der Waals surface area contributed by atoms with E-state index in [4.69, 9.17) is 37.4 Å². The van der Waals surface area contributed by atoms with Gasteiger partial charge in [0, 0.05) is 16.0 Å². The van der Waals surface area contributed by atoms with Crippen LogP contribution in [0, 0.1) is 0 Å². The Bertz CT molecular complexity index is 1690. The van der Waals surface area contributed by atoms with Crippen LogP contribution in [0.2, 0.25) is 5.02 Å². The number of methoxy groups -OCH3 is 1. The minimum Gasteiger partial charge on any atom is -0.495 e. The Labute approximate surface area is 221 Å². The van der Waals surface area contributed by atoms with Gasteiger partial charge in [0.2, 0.25) is 0 Å². The number of thiocarbonyl (C=S) groups is 1. The number of para-hydroxylation sites is 1. The summed E-state index contributed by atoms with van der Waals surface area (Å²) in [5, 5.41) is 6.97. The molecule has 37 heavy (non-hydrogen) atoms. The fourth-order valence-electron chi connectivity index (χ4n) is 3.78. The highest BCUT2D eigenvalue weighted by atomic mass is 35.5. The number of furan rings is 1. The Hall–Kier alpha value is -4.40. The molecule has 0 spiro atoms. The van der Waals surface area contributed by atoms with Crippen molar-refractivity contribution in [1.82, 2.24) is 5.32 Å². The van der Waals surface area contributed by atoms with Crippen LogP contribution in [0.15, 0.2) is 98.6 Å². The van der Waals surface area contributed by atoms with Gasteiger partial charge in [-0.1, -0.05) is 35.9 Å². The predicted molar refractivity (Wildman–Crippen MR) is 147 cm³/mol. The van der Waals surface area contributed by atoms with Gasteiger partial charge in [-0.05, 0) is 78.4 Å². The second-order valence-electron chi connectivity index (χ2n) is 7.98. The molecule has 0 aliphatic rings. The van der Waals surface area contributed by atoms with E-state index in [1.54, 1.807) is 72.8 Å². The van der Waals surface area contributed by atoms with Gasteiger partial charge in [-0.3, -0.25) is 10.1 Å². The summed E-state index contributed by atoms with van der Waals surface area (Å²) in [7, 11) is 1.51. The molecule has 2 heterocycles. The molecule has 2 aromatic heterocycles. The molecular formula is C28H19ClN2O5S. The van der Waals surface area contributed by atoms with Crippen molar-refractivity contribution in [2.24, 2.45) is 0 Å². The number of halogens is 1. The summed E-state index contributed by atoms with van der Waals surface area (Å²) in [6.45, 7) is 0. The maximum atomic E-state index is 12.7. The quantitative estimate of drug-likeness (QED) is 0.197. The van der Waals surface area contributed by atoms with Crippen molar-refractivity contribution in [3.63, 3.8) is 0 Å². The summed E-state index contributed by atoms with van der Waals surface area (Å²) >= 11 is 11.3. The summed E-state index contributed by atoms with van der Waals surface area (Å²) in [6.07, 6.45) is 0. The maximum Gasteiger partial charge on any atom is 0.344 e. The molecule has 0 radical (unpaired) electrons. The number of fused-ring (bicyclic) bond motifs is 1. The van der Waals surface area contributed by atoms with E-state index in [-0.39, 0.29) is 10.9 Å². The Balaban J connectivity index is 1.35. The third-order valence-electron chi connectivity index (χ3n) is 5.59. The van der Waals surface area contributed by atoms with Crippen LogP contribution in [0.5, 0.6) is 5.75 Å². The van der Waals surface area contributed by atoms with E-state index in [1.165, 1.54) is 7.11 Å². The SMILES string of the molecule is COc1ccc(-c2cc3ccccc3oc2=O)cc1NC(=S)NC(=O)c1ccc(-c2ccc(Cl)cc2)o1.